The van der Waals surface area contributed by atoms with Gasteiger partial charge < -0.3 is 10.5 Å². The Morgan fingerprint density at radius 1 is 1.00 bits per heavy atom. The summed E-state index contributed by atoms with van der Waals surface area (Å²) in [6.45, 7) is 4.81. The van der Waals surface area contributed by atoms with Gasteiger partial charge in [0.1, 0.15) is 11.4 Å². The summed E-state index contributed by atoms with van der Waals surface area (Å²) in [7, 11) is 0. The van der Waals surface area contributed by atoms with Crippen LogP contribution in [-0.4, -0.2) is 6.54 Å². The highest BCUT2D eigenvalue weighted by molar-refractivity contribution is 5.28. The Morgan fingerprint density at radius 2 is 1.53 bits per heavy atom. The third-order valence-corrected chi connectivity index (χ3v) is 3.71. The lowest BCUT2D eigenvalue weighted by Gasteiger charge is -2.36. The highest BCUT2D eigenvalue weighted by atomic mass is 16.5. The van der Waals surface area contributed by atoms with Gasteiger partial charge in [-0.1, -0.05) is 55.5 Å². The minimum Gasteiger partial charge on any atom is -0.483 e. The summed E-state index contributed by atoms with van der Waals surface area (Å²) in [4.78, 5) is 0. The van der Waals surface area contributed by atoms with Crippen LogP contribution in [0.25, 0.3) is 0 Å². The molecule has 100 valence electrons. The van der Waals surface area contributed by atoms with Crippen molar-refractivity contribution in [3.63, 3.8) is 0 Å². The molecule has 0 aromatic heterocycles. The van der Waals surface area contributed by atoms with Gasteiger partial charge in [-0.25, -0.2) is 0 Å². The van der Waals surface area contributed by atoms with Gasteiger partial charge in [-0.15, -0.1) is 0 Å². The first-order valence-electron chi connectivity index (χ1n) is 6.66. The fourth-order valence-corrected chi connectivity index (χ4v) is 2.17. The number of rotatable bonds is 5. The Morgan fingerprint density at radius 3 is 2.05 bits per heavy atom. The van der Waals surface area contributed by atoms with Crippen molar-refractivity contribution in [2.24, 2.45) is 11.7 Å². The molecule has 19 heavy (non-hydrogen) atoms. The van der Waals surface area contributed by atoms with Gasteiger partial charge >= 0.3 is 0 Å². The maximum atomic E-state index is 6.26. The smallest absolute Gasteiger partial charge is 0.135 e. The minimum atomic E-state index is -0.419. The summed E-state index contributed by atoms with van der Waals surface area (Å²) in [6, 6.07) is 20.2. The number of hydrogen-bond donors (Lipinski definition) is 1. The maximum Gasteiger partial charge on any atom is 0.135 e. The first kappa shape index (κ1) is 13.6. The predicted octanol–water partition coefficient (Wildman–Crippen LogP) is 3.58. The van der Waals surface area contributed by atoms with Crippen LogP contribution in [0.5, 0.6) is 5.75 Å². The third kappa shape index (κ3) is 2.96. The summed E-state index contributed by atoms with van der Waals surface area (Å²) in [5.41, 5.74) is 6.60. The van der Waals surface area contributed by atoms with Crippen LogP contribution in [0.4, 0.5) is 0 Å². The van der Waals surface area contributed by atoms with Crippen LogP contribution in [0.2, 0.25) is 0 Å². The zero-order chi connectivity index (χ0) is 13.7. The molecule has 2 atom stereocenters. The number of benzene rings is 2. The molecule has 2 N–H and O–H groups in total. The van der Waals surface area contributed by atoms with Crippen molar-refractivity contribution in [1.29, 1.82) is 0 Å². The van der Waals surface area contributed by atoms with E-state index in [4.69, 9.17) is 10.5 Å². The van der Waals surface area contributed by atoms with Crippen LogP contribution in [0.15, 0.2) is 60.7 Å². The van der Waals surface area contributed by atoms with Crippen LogP contribution in [-0.2, 0) is 5.60 Å². The second-order valence-corrected chi connectivity index (χ2v) is 5.02. The zero-order valence-corrected chi connectivity index (χ0v) is 11.5. The second-order valence-electron chi connectivity index (χ2n) is 5.02. The van der Waals surface area contributed by atoms with Gasteiger partial charge in [-0.05, 0) is 31.2 Å². The van der Waals surface area contributed by atoms with Gasteiger partial charge in [-0.3, -0.25) is 0 Å². The molecule has 0 saturated heterocycles. The van der Waals surface area contributed by atoms with E-state index in [1.807, 2.05) is 48.5 Å². The summed E-state index contributed by atoms with van der Waals surface area (Å²) >= 11 is 0. The van der Waals surface area contributed by atoms with Gasteiger partial charge in [0.2, 0.25) is 0 Å². The standard InChI is InChI=1S/C17H21NO/c1-14(13-18)17(2,15-9-5-3-6-10-15)19-16-11-7-4-8-12-16/h3-12,14H,13,18H2,1-2H3. The average molecular weight is 255 g/mol. The molecule has 2 unspecified atom stereocenters. The van der Waals surface area contributed by atoms with E-state index in [2.05, 4.69) is 26.0 Å². The molecule has 0 radical (unpaired) electrons. The van der Waals surface area contributed by atoms with Crippen LogP contribution >= 0.6 is 0 Å². The van der Waals surface area contributed by atoms with Crippen molar-refractivity contribution in [2.45, 2.75) is 19.4 Å². The van der Waals surface area contributed by atoms with E-state index in [1.165, 1.54) is 0 Å². The topological polar surface area (TPSA) is 35.2 Å². The van der Waals surface area contributed by atoms with Gasteiger partial charge in [0.15, 0.2) is 0 Å². The van der Waals surface area contributed by atoms with E-state index in [0.717, 1.165) is 11.3 Å². The van der Waals surface area contributed by atoms with E-state index < -0.39 is 5.60 Å². The first-order valence-corrected chi connectivity index (χ1v) is 6.66. The Hall–Kier alpha value is -1.80. The molecule has 2 heteroatoms. The quantitative estimate of drug-likeness (QED) is 0.886. The summed E-state index contributed by atoms with van der Waals surface area (Å²) < 4.78 is 6.26. The Bertz CT molecular complexity index is 497. The molecule has 2 aromatic rings. The molecule has 0 spiro atoms. The normalized spacial score (nSPS) is 15.5. The molecular weight excluding hydrogens is 234 g/mol. The first-order chi connectivity index (χ1) is 9.16. The Balaban J connectivity index is 2.36. The third-order valence-electron chi connectivity index (χ3n) is 3.71. The summed E-state index contributed by atoms with van der Waals surface area (Å²) in [5, 5.41) is 0. The van der Waals surface area contributed by atoms with E-state index in [0.29, 0.717) is 6.54 Å². The van der Waals surface area contributed by atoms with E-state index in [1.54, 1.807) is 0 Å². The van der Waals surface area contributed by atoms with E-state index >= 15 is 0 Å². The zero-order valence-electron chi connectivity index (χ0n) is 11.5. The monoisotopic (exact) mass is 255 g/mol. The fourth-order valence-electron chi connectivity index (χ4n) is 2.17. The molecule has 2 nitrogen and oxygen atoms in total. The molecule has 0 fully saturated rings. The molecule has 0 heterocycles. The van der Waals surface area contributed by atoms with Gasteiger partial charge in [0, 0.05) is 5.92 Å². The van der Waals surface area contributed by atoms with Crippen LogP contribution in [0.1, 0.15) is 19.4 Å². The summed E-state index contributed by atoms with van der Waals surface area (Å²) in [5.74, 6) is 1.09. The summed E-state index contributed by atoms with van der Waals surface area (Å²) in [6.07, 6.45) is 0. The van der Waals surface area contributed by atoms with Crippen molar-refractivity contribution in [3.05, 3.63) is 66.2 Å². The largest absolute Gasteiger partial charge is 0.483 e. The van der Waals surface area contributed by atoms with Gasteiger partial charge in [0.05, 0.1) is 0 Å². The van der Waals surface area contributed by atoms with Crippen molar-refractivity contribution >= 4 is 0 Å². The van der Waals surface area contributed by atoms with Crippen molar-refractivity contribution in [3.8, 4) is 5.75 Å². The predicted molar refractivity (Wildman–Crippen MR) is 79.1 cm³/mol. The lowest BCUT2D eigenvalue weighted by Crippen LogP contribution is -2.40. The number of hydrogen-bond acceptors (Lipinski definition) is 2. The molecule has 2 rings (SSSR count). The van der Waals surface area contributed by atoms with Crippen molar-refractivity contribution in [2.75, 3.05) is 6.54 Å². The molecule has 0 aliphatic heterocycles. The van der Waals surface area contributed by atoms with Gasteiger partial charge in [0.25, 0.3) is 0 Å². The Labute approximate surface area is 115 Å². The number of para-hydroxylation sites is 1. The lowest BCUT2D eigenvalue weighted by atomic mass is 9.83. The second kappa shape index (κ2) is 5.89. The van der Waals surface area contributed by atoms with Crippen LogP contribution < -0.4 is 10.5 Å². The Kier molecular flexibility index (Phi) is 4.23. The lowest BCUT2D eigenvalue weighted by molar-refractivity contribution is 0.0329. The minimum absolute atomic E-state index is 0.218. The van der Waals surface area contributed by atoms with E-state index in [-0.39, 0.29) is 5.92 Å². The van der Waals surface area contributed by atoms with Crippen LogP contribution in [0.3, 0.4) is 0 Å². The maximum absolute atomic E-state index is 6.26. The molecule has 0 bridgehead atoms. The highest BCUT2D eigenvalue weighted by Gasteiger charge is 2.34. The van der Waals surface area contributed by atoms with Crippen molar-refractivity contribution < 1.29 is 4.74 Å². The molecule has 2 aromatic carbocycles. The average Bonchev–Trinajstić information content (AvgIpc) is 2.48. The molecular formula is C17H21NO. The fraction of sp³-hybridized carbons (Fsp3) is 0.294. The molecule has 0 saturated carbocycles. The van der Waals surface area contributed by atoms with Gasteiger partial charge in [-0.2, -0.15) is 0 Å². The molecule has 0 aliphatic carbocycles. The number of ether oxygens (including phenoxy) is 1. The van der Waals surface area contributed by atoms with E-state index in [9.17, 15) is 0 Å². The number of nitrogens with two attached hydrogens (primary N) is 1. The van der Waals surface area contributed by atoms with Crippen LogP contribution in [0, 0.1) is 5.92 Å². The van der Waals surface area contributed by atoms with Crippen molar-refractivity contribution in [1.82, 2.24) is 0 Å². The molecule has 0 amide bonds. The highest BCUT2D eigenvalue weighted by Crippen LogP contribution is 2.34. The molecule has 0 aliphatic rings. The SMILES string of the molecule is CC(CN)C(C)(Oc1ccccc1)c1ccccc1.